The molecule has 0 bridgehead atoms. The van der Waals surface area contributed by atoms with Crippen LogP contribution in [0.5, 0.6) is 0 Å². The number of rotatable bonds is 8. The van der Waals surface area contributed by atoms with Gasteiger partial charge in [0, 0.05) is 19.2 Å². The lowest BCUT2D eigenvalue weighted by Crippen LogP contribution is -2.33. The Labute approximate surface area is 114 Å². The van der Waals surface area contributed by atoms with E-state index in [1.54, 1.807) is 0 Å². The molecular formula is C11H16F2N4O3. The van der Waals surface area contributed by atoms with Crippen molar-refractivity contribution in [2.24, 2.45) is 0 Å². The largest absolute Gasteiger partial charge is 0.395 e. The minimum absolute atomic E-state index is 0.159. The summed E-state index contributed by atoms with van der Waals surface area (Å²) in [7, 11) is 0. The number of aromatic nitrogens is 1. The van der Waals surface area contributed by atoms with Crippen LogP contribution in [-0.2, 0) is 0 Å². The average Bonchev–Trinajstić information content (AvgIpc) is 2.37. The summed E-state index contributed by atoms with van der Waals surface area (Å²) in [5, 5.41) is 22.7. The first-order valence-electron chi connectivity index (χ1n) is 6.02. The zero-order valence-corrected chi connectivity index (χ0v) is 10.9. The molecule has 0 amide bonds. The summed E-state index contributed by atoms with van der Waals surface area (Å²) >= 11 is 0. The molecule has 0 aromatic carbocycles. The van der Waals surface area contributed by atoms with E-state index < -0.39 is 24.5 Å². The van der Waals surface area contributed by atoms with E-state index in [2.05, 4.69) is 10.3 Å². The van der Waals surface area contributed by atoms with Crippen molar-refractivity contribution in [3.8, 4) is 0 Å². The predicted octanol–water partition coefficient (Wildman–Crippen LogP) is 1.49. The molecule has 20 heavy (non-hydrogen) atoms. The maximum atomic E-state index is 12.5. The van der Waals surface area contributed by atoms with Crippen molar-refractivity contribution in [1.29, 1.82) is 0 Å². The van der Waals surface area contributed by atoms with E-state index >= 15 is 0 Å². The molecule has 0 saturated carbocycles. The van der Waals surface area contributed by atoms with Crippen LogP contribution in [0.1, 0.15) is 6.92 Å². The molecule has 0 saturated heterocycles. The molecule has 0 spiro atoms. The molecule has 0 fully saturated rings. The molecule has 0 aliphatic carbocycles. The van der Waals surface area contributed by atoms with E-state index in [1.807, 2.05) is 6.92 Å². The molecule has 0 radical (unpaired) electrons. The third kappa shape index (κ3) is 4.26. The van der Waals surface area contributed by atoms with Gasteiger partial charge in [0.25, 0.3) is 6.43 Å². The lowest BCUT2D eigenvalue weighted by atomic mass is 10.3. The van der Waals surface area contributed by atoms with Gasteiger partial charge in [0.15, 0.2) is 0 Å². The highest BCUT2D eigenvalue weighted by Crippen LogP contribution is 2.28. The monoisotopic (exact) mass is 290 g/mol. The van der Waals surface area contributed by atoms with Crippen molar-refractivity contribution >= 4 is 17.3 Å². The van der Waals surface area contributed by atoms with E-state index in [0.29, 0.717) is 12.4 Å². The summed E-state index contributed by atoms with van der Waals surface area (Å²) in [6, 6.07) is 2.61. The maximum Gasteiger partial charge on any atom is 0.311 e. The summed E-state index contributed by atoms with van der Waals surface area (Å²) in [5.74, 6) is 0.174. The summed E-state index contributed by atoms with van der Waals surface area (Å²) in [6.07, 6.45) is -2.69. The van der Waals surface area contributed by atoms with Gasteiger partial charge in [0.05, 0.1) is 18.1 Å². The van der Waals surface area contributed by atoms with E-state index in [-0.39, 0.29) is 18.1 Å². The number of anilines is 2. The van der Waals surface area contributed by atoms with Gasteiger partial charge in [-0.2, -0.15) is 0 Å². The number of pyridine rings is 1. The molecule has 112 valence electrons. The number of alkyl halides is 2. The van der Waals surface area contributed by atoms with Crippen molar-refractivity contribution in [3.05, 3.63) is 22.2 Å². The number of halogens is 2. The van der Waals surface area contributed by atoms with Crippen LogP contribution in [0.3, 0.4) is 0 Å². The summed E-state index contributed by atoms with van der Waals surface area (Å²) in [4.78, 5) is 15.3. The summed E-state index contributed by atoms with van der Waals surface area (Å²) in [5.41, 5.74) is -0.374. The molecule has 1 rings (SSSR count). The predicted molar refractivity (Wildman–Crippen MR) is 70.4 cm³/mol. The highest BCUT2D eigenvalue weighted by atomic mass is 19.3. The Morgan fingerprint density at radius 1 is 1.55 bits per heavy atom. The fourth-order valence-electron chi connectivity index (χ4n) is 1.67. The first kappa shape index (κ1) is 16.0. The quantitative estimate of drug-likeness (QED) is 0.556. The van der Waals surface area contributed by atoms with Crippen LogP contribution >= 0.6 is 0 Å². The lowest BCUT2D eigenvalue weighted by Gasteiger charge is -2.22. The fourth-order valence-corrected chi connectivity index (χ4v) is 1.67. The normalized spacial score (nSPS) is 10.7. The second kappa shape index (κ2) is 7.53. The number of nitrogens with one attached hydrogen (secondary N) is 1. The third-order valence-corrected chi connectivity index (χ3v) is 2.44. The van der Waals surface area contributed by atoms with E-state index in [0.717, 1.165) is 4.90 Å². The van der Waals surface area contributed by atoms with Gasteiger partial charge in [-0.25, -0.2) is 13.8 Å². The third-order valence-electron chi connectivity index (χ3n) is 2.44. The Morgan fingerprint density at radius 2 is 2.25 bits per heavy atom. The van der Waals surface area contributed by atoms with Crippen LogP contribution in [0.25, 0.3) is 0 Å². The van der Waals surface area contributed by atoms with Crippen molar-refractivity contribution in [2.45, 2.75) is 13.3 Å². The van der Waals surface area contributed by atoms with Crippen molar-refractivity contribution < 1.29 is 18.8 Å². The number of hydrogen-bond acceptors (Lipinski definition) is 6. The highest BCUT2D eigenvalue weighted by molar-refractivity contribution is 5.61. The van der Waals surface area contributed by atoms with Crippen LogP contribution in [-0.4, -0.2) is 47.7 Å². The number of nitrogens with zero attached hydrogens (tertiary/aromatic N) is 3. The molecule has 1 aromatic heterocycles. The molecule has 0 atom stereocenters. The Morgan fingerprint density at radius 3 is 2.75 bits per heavy atom. The Balaban J connectivity index is 3.19. The molecule has 1 aromatic rings. The smallest absolute Gasteiger partial charge is 0.311 e. The molecule has 9 heteroatoms. The zero-order chi connectivity index (χ0) is 15.1. The molecular weight excluding hydrogens is 274 g/mol. The van der Waals surface area contributed by atoms with E-state index in [1.165, 1.54) is 12.1 Å². The minimum atomic E-state index is -2.69. The van der Waals surface area contributed by atoms with Crippen molar-refractivity contribution in [1.82, 2.24) is 4.98 Å². The average molecular weight is 290 g/mol. The van der Waals surface area contributed by atoms with Gasteiger partial charge in [0.1, 0.15) is 5.82 Å². The second-order valence-corrected chi connectivity index (χ2v) is 3.89. The van der Waals surface area contributed by atoms with Gasteiger partial charge in [-0.15, -0.1) is 0 Å². The Kier molecular flexibility index (Phi) is 6.04. The molecule has 0 aliphatic rings. The lowest BCUT2D eigenvalue weighted by molar-refractivity contribution is -0.384. The second-order valence-electron chi connectivity index (χ2n) is 3.89. The van der Waals surface area contributed by atoms with Crippen molar-refractivity contribution in [2.75, 3.05) is 36.5 Å². The van der Waals surface area contributed by atoms with Gasteiger partial charge in [-0.05, 0) is 13.0 Å². The van der Waals surface area contributed by atoms with Crippen LogP contribution < -0.4 is 10.2 Å². The van der Waals surface area contributed by atoms with Crippen LogP contribution in [0.2, 0.25) is 0 Å². The summed E-state index contributed by atoms with van der Waals surface area (Å²) in [6.45, 7) is 1.06. The van der Waals surface area contributed by atoms with Gasteiger partial charge in [-0.1, -0.05) is 0 Å². The van der Waals surface area contributed by atoms with Gasteiger partial charge in [0.2, 0.25) is 5.82 Å². The molecule has 7 nitrogen and oxygen atoms in total. The van der Waals surface area contributed by atoms with Gasteiger partial charge in [-0.3, -0.25) is 10.1 Å². The maximum absolute atomic E-state index is 12.5. The van der Waals surface area contributed by atoms with Crippen molar-refractivity contribution in [3.63, 3.8) is 0 Å². The summed E-state index contributed by atoms with van der Waals surface area (Å²) < 4.78 is 25.1. The Hall–Kier alpha value is -2.03. The van der Waals surface area contributed by atoms with Crippen LogP contribution in [0.15, 0.2) is 12.1 Å². The molecule has 0 aliphatic heterocycles. The Bertz CT molecular complexity index is 459. The fraction of sp³-hybridized carbons (Fsp3) is 0.545. The van der Waals surface area contributed by atoms with Crippen LogP contribution in [0, 0.1) is 10.1 Å². The zero-order valence-electron chi connectivity index (χ0n) is 10.9. The van der Waals surface area contributed by atoms with Gasteiger partial charge < -0.3 is 15.3 Å². The number of aliphatic hydroxyl groups is 1. The van der Waals surface area contributed by atoms with Crippen LogP contribution in [0.4, 0.5) is 26.1 Å². The molecule has 2 N–H and O–H groups in total. The number of aliphatic hydroxyl groups excluding tert-OH is 1. The SMILES string of the molecule is CCNc1ccc([N+](=O)[O-])c(N(CCO)CC(F)F)n1. The first-order chi connectivity index (χ1) is 9.49. The highest BCUT2D eigenvalue weighted by Gasteiger charge is 2.24. The van der Waals surface area contributed by atoms with Gasteiger partial charge >= 0.3 is 5.69 Å². The topological polar surface area (TPSA) is 91.5 Å². The molecule has 1 heterocycles. The first-order valence-corrected chi connectivity index (χ1v) is 6.02. The standard InChI is InChI=1S/C11H16F2N4O3/c1-2-14-10-4-3-8(17(19)20)11(15-10)16(5-6-18)7-9(12)13/h3-4,9,18H,2,5-7H2,1H3,(H,14,15). The minimum Gasteiger partial charge on any atom is -0.395 e. The van der Waals surface area contributed by atoms with E-state index in [4.69, 9.17) is 5.11 Å². The number of hydrogen-bond donors (Lipinski definition) is 2. The molecule has 0 unspecified atom stereocenters. The number of nitro groups is 1. The van der Waals surface area contributed by atoms with E-state index in [9.17, 15) is 18.9 Å².